The van der Waals surface area contributed by atoms with E-state index in [-0.39, 0.29) is 23.2 Å². The molecular formula is C19H25N7O3S. The van der Waals surface area contributed by atoms with Crippen LogP contribution in [0, 0.1) is 0 Å². The summed E-state index contributed by atoms with van der Waals surface area (Å²) in [5.41, 5.74) is 5.63. The molecule has 0 aliphatic carbocycles. The Labute approximate surface area is 177 Å². The molecule has 3 N–H and O–H groups in total. The summed E-state index contributed by atoms with van der Waals surface area (Å²) in [7, 11) is 0. The molecule has 3 heterocycles. The highest BCUT2D eigenvalue weighted by Gasteiger charge is 2.24. The third-order valence-electron chi connectivity index (χ3n) is 4.57. The summed E-state index contributed by atoms with van der Waals surface area (Å²) in [5.74, 6) is -0.237. The molecule has 0 radical (unpaired) electrons. The molecular weight excluding hydrogens is 406 g/mol. The second-order valence-electron chi connectivity index (χ2n) is 6.74. The number of unbranched alkanes of at least 4 members (excludes halogenated alkanes) is 1. The van der Waals surface area contributed by atoms with E-state index in [4.69, 9.17) is 5.73 Å². The number of nitrogens with two attached hydrogens (primary N) is 1. The Balaban J connectivity index is 1.90. The number of thioether (sulfide) groups is 1. The minimum Gasteiger partial charge on any atom is -0.383 e. The predicted molar refractivity (Wildman–Crippen MR) is 117 cm³/mol. The molecule has 0 aliphatic heterocycles. The van der Waals surface area contributed by atoms with Gasteiger partial charge in [0.2, 0.25) is 5.91 Å². The van der Waals surface area contributed by atoms with Crippen LogP contribution < -0.4 is 21.9 Å². The van der Waals surface area contributed by atoms with Crippen LogP contribution in [0.25, 0.3) is 5.65 Å². The van der Waals surface area contributed by atoms with Gasteiger partial charge in [0.25, 0.3) is 5.56 Å². The van der Waals surface area contributed by atoms with Gasteiger partial charge in [0.1, 0.15) is 5.82 Å². The summed E-state index contributed by atoms with van der Waals surface area (Å²) < 4.78 is 3.08. The first kappa shape index (κ1) is 21.6. The fourth-order valence-electron chi connectivity index (χ4n) is 3.08. The Morgan fingerprint density at radius 3 is 2.77 bits per heavy atom. The topological polar surface area (TPSA) is 131 Å². The zero-order valence-corrected chi connectivity index (χ0v) is 17.8. The maximum absolute atomic E-state index is 13.1. The molecule has 0 aromatic carbocycles. The van der Waals surface area contributed by atoms with Crippen LogP contribution >= 0.6 is 11.8 Å². The van der Waals surface area contributed by atoms with Crippen LogP contribution in [0.15, 0.2) is 39.1 Å². The van der Waals surface area contributed by atoms with Crippen molar-refractivity contribution in [2.24, 2.45) is 0 Å². The van der Waals surface area contributed by atoms with Crippen molar-refractivity contribution >= 4 is 34.8 Å². The number of fused-ring (bicyclic) bond motifs is 1. The van der Waals surface area contributed by atoms with Crippen LogP contribution in [0.1, 0.15) is 33.1 Å². The van der Waals surface area contributed by atoms with Crippen molar-refractivity contribution in [2.75, 3.05) is 22.9 Å². The first-order valence-corrected chi connectivity index (χ1v) is 10.8. The molecule has 0 saturated carbocycles. The third kappa shape index (κ3) is 4.40. The zero-order valence-electron chi connectivity index (χ0n) is 17.0. The molecule has 3 aromatic rings. The van der Waals surface area contributed by atoms with Crippen molar-refractivity contribution in [2.45, 2.75) is 44.8 Å². The lowest BCUT2D eigenvalue weighted by Crippen LogP contribution is -2.42. The van der Waals surface area contributed by atoms with Crippen molar-refractivity contribution in [3.63, 3.8) is 0 Å². The van der Waals surface area contributed by atoms with Crippen molar-refractivity contribution in [3.05, 3.63) is 45.2 Å². The number of hydrogen-bond donors (Lipinski definition) is 2. The van der Waals surface area contributed by atoms with Crippen LogP contribution in [-0.4, -0.2) is 42.4 Å². The smallest absolute Gasteiger partial charge is 0.330 e. The van der Waals surface area contributed by atoms with Gasteiger partial charge in [-0.15, -0.1) is 10.2 Å². The van der Waals surface area contributed by atoms with Crippen molar-refractivity contribution in [3.8, 4) is 0 Å². The van der Waals surface area contributed by atoms with Crippen LogP contribution in [0.3, 0.4) is 0 Å². The average molecular weight is 432 g/mol. The molecule has 0 spiro atoms. The predicted octanol–water partition coefficient (Wildman–Crippen LogP) is 1.50. The number of amides is 1. The highest BCUT2D eigenvalue weighted by atomic mass is 32.2. The van der Waals surface area contributed by atoms with E-state index in [2.05, 4.69) is 15.2 Å². The van der Waals surface area contributed by atoms with Crippen LogP contribution in [0.2, 0.25) is 0 Å². The zero-order chi connectivity index (χ0) is 21.7. The maximum atomic E-state index is 13.1. The number of carbonyl (C=O) groups is 1. The number of nitrogens with one attached hydrogen (secondary N) is 1. The molecule has 10 nitrogen and oxygen atoms in total. The van der Waals surface area contributed by atoms with Gasteiger partial charge < -0.3 is 10.6 Å². The number of anilines is 2. The number of carbonyl (C=O) groups excluding carboxylic acids is 1. The first-order chi connectivity index (χ1) is 14.5. The number of aromatic amines is 1. The second kappa shape index (κ2) is 9.61. The molecule has 0 aliphatic rings. The monoisotopic (exact) mass is 431 g/mol. The third-order valence-corrected chi connectivity index (χ3v) is 5.50. The summed E-state index contributed by atoms with van der Waals surface area (Å²) >= 11 is 1.23. The summed E-state index contributed by atoms with van der Waals surface area (Å²) in [6.07, 6.45) is 4.00. The van der Waals surface area contributed by atoms with Gasteiger partial charge in [0.05, 0.1) is 5.75 Å². The summed E-state index contributed by atoms with van der Waals surface area (Å²) in [6, 6.07) is 5.53. The molecule has 160 valence electrons. The van der Waals surface area contributed by atoms with Gasteiger partial charge in [-0.3, -0.25) is 23.5 Å². The highest BCUT2D eigenvalue weighted by molar-refractivity contribution is 7.99. The van der Waals surface area contributed by atoms with Gasteiger partial charge in [-0.2, -0.15) is 0 Å². The van der Waals surface area contributed by atoms with Crippen molar-refractivity contribution in [1.82, 2.24) is 24.1 Å². The molecule has 0 bridgehead atoms. The normalized spacial score (nSPS) is 11.1. The molecule has 0 atom stereocenters. The number of pyridine rings is 1. The summed E-state index contributed by atoms with van der Waals surface area (Å²) in [4.78, 5) is 41.4. The number of H-pyrrole nitrogens is 1. The lowest BCUT2D eigenvalue weighted by molar-refractivity contribution is -0.116. The Bertz CT molecular complexity index is 1150. The molecule has 1 amide bonds. The van der Waals surface area contributed by atoms with Gasteiger partial charge in [-0.25, -0.2) is 4.79 Å². The fraction of sp³-hybridized carbons (Fsp3) is 0.421. The average Bonchev–Trinajstić information content (AvgIpc) is 3.14. The van der Waals surface area contributed by atoms with E-state index in [0.717, 1.165) is 6.42 Å². The Morgan fingerprint density at radius 2 is 2.03 bits per heavy atom. The van der Waals surface area contributed by atoms with Gasteiger partial charge >= 0.3 is 5.69 Å². The Kier molecular flexibility index (Phi) is 6.93. The van der Waals surface area contributed by atoms with Gasteiger partial charge in [-0.1, -0.05) is 38.1 Å². The van der Waals surface area contributed by atoms with Crippen LogP contribution in [-0.2, 0) is 11.3 Å². The number of nitrogens with zero attached hydrogens (tertiary/aromatic N) is 5. The van der Waals surface area contributed by atoms with Crippen molar-refractivity contribution in [1.29, 1.82) is 0 Å². The molecule has 3 aromatic heterocycles. The minimum atomic E-state index is -0.660. The summed E-state index contributed by atoms with van der Waals surface area (Å²) in [6.45, 7) is 4.57. The Hall–Kier alpha value is -3.08. The molecule has 11 heteroatoms. The van der Waals surface area contributed by atoms with Crippen molar-refractivity contribution < 1.29 is 4.79 Å². The second-order valence-corrected chi connectivity index (χ2v) is 7.69. The molecule has 0 saturated heterocycles. The molecule has 30 heavy (non-hydrogen) atoms. The highest BCUT2D eigenvalue weighted by Crippen LogP contribution is 2.22. The van der Waals surface area contributed by atoms with E-state index in [0.29, 0.717) is 36.7 Å². The molecule has 0 unspecified atom stereocenters. The number of hydrogen-bond acceptors (Lipinski definition) is 7. The quantitative estimate of drug-likeness (QED) is 0.491. The lowest BCUT2D eigenvalue weighted by atomic mass is 10.2. The van der Waals surface area contributed by atoms with E-state index in [1.807, 2.05) is 38.2 Å². The summed E-state index contributed by atoms with van der Waals surface area (Å²) in [5, 5.41) is 8.76. The van der Waals surface area contributed by atoms with E-state index >= 15 is 0 Å². The van der Waals surface area contributed by atoms with Gasteiger partial charge in [-0.05, 0) is 25.0 Å². The fourth-order valence-corrected chi connectivity index (χ4v) is 3.88. The number of aromatic nitrogens is 5. The van der Waals surface area contributed by atoms with Crippen LogP contribution in [0.4, 0.5) is 11.5 Å². The van der Waals surface area contributed by atoms with E-state index in [1.165, 1.54) is 21.2 Å². The SMILES string of the molecule is CCCCN(C(=O)CSc1nnc2ccccn12)c1c(N)n(CCC)c(=O)[nH]c1=O. The van der Waals surface area contributed by atoms with E-state index in [9.17, 15) is 14.4 Å². The lowest BCUT2D eigenvalue weighted by Gasteiger charge is -2.24. The largest absolute Gasteiger partial charge is 0.383 e. The number of nitrogen functional groups attached to an aromatic ring is 1. The standard InChI is InChI=1S/C19H25N7O3S/c1-3-5-10-25(15-16(20)26(9-4-2)18(29)21-17(15)28)14(27)12-30-19-23-22-13-8-6-7-11-24(13)19/h6-8,11H,3-5,9-10,12,20H2,1-2H3,(H,21,28,29). The minimum absolute atomic E-state index is 0.00739. The van der Waals surface area contributed by atoms with E-state index in [1.54, 1.807) is 4.40 Å². The van der Waals surface area contributed by atoms with Gasteiger partial charge in [0, 0.05) is 19.3 Å². The van der Waals surface area contributed by atoms with Gasteiger partial charge in [0.15, 0.2) is 16.5 Å². The number of rotatable bonds is 9. The first-order valence-electron chi connectivity index (χ1n) is 9.83. The molecule has 3 rings (SSSR count). The molecule has 0 fully saturated rings. The maximum Gasteiger partial charge on any atom is 0.330 e. The Morgan fingerprint density at radius 1 is 1.23 bits per heavy atom. The van der Waals surface area contributed by atoms with Crippen LogP contribution in [0.5, 0.6) is 0 Å². The van der Waals surface area contributed by atoms with E-state index < -0.39 is 11.2 Å².